The minimum absolute atomic E-state index is 0.0248. The van der Waals surface area contributed by atoms with Gasteiger partial charge in [0.2, 0.25) is 0 Å². The molecule has 0 unspecified atom stereocenters. The van der Waals surface area contributed by atoms with E-state index in [2.05, 4.69) is 16.9 Å². The molecule has 1 atom stereocenters. The number of methoxy groups -OCH3 is 1. The van der Waals surface area contributed by atoms with E-state index in [1.54, 1.807) is 7.11 Å². The maximum absolute atomic E-state index is 13.0. The number of fused-ring (bicyclic) bond motifs is 1. The number of likely N-dealkylation sites (N-methyl/N-ethyl adjacent to an activating group) is 1. The summed E-state index contributed by atoms with van der Waals surface area (Å²) in [5, 5.41) is 0. The van der Waals surface area contributed by atoms with Crippen LogP contribution in [0.25, 0.3) is 0 Å². The predicted molar refractivity (Wildman–Crippen MR) is 103 cm³/mol. The standard InChI is InChI=1S/C21H26N4O2/c1-24-11-9-18-16(13-24)12-22-20(23-18)15-6-5-10-25(14-15)21(26)17-7-3-4-8-19(17)27-2/h3-4,7-8,12,15H,5-6,9-11,13-14H2,1-2H3/t15-/m0/s1. The highest BCUT2D eigenvalue weighted by Gasteiger charge is 2.29. The quantitative estimate of drug-likeness (QED) is 0.835. The van der Waals surface area contributed by atoms with Gasteiger partial charge < -0.3 is 14.5 Å². The molecule has 2 aliphatic rings. The summed E-state index contributed by atoms with van der Waals surface area (Å²) in [6, 6.07) is 7.42. The van der Waals surface area contributed by atoms with E-state index in [-0.39, 0.29) is 11.8 Å². The Bertz CT molecular complexity index is 839. The molecule has 1 amide bonds. The number of rotatable bonds is 3. The zero-order valence-corrected chi connectivity index (χ0v) is 16.0. The van der Waals surface area contributed by atoms with E-state index >= 15 is 0 Å². The first-order chi connectivity index (χ1) is 13.2. The first-order valence-corrected chi connectivity index (χ1v) is 9.61. The molecule has 0 spiro atoms. The summed E-state index contributed by atoms with van der Waals surface area (Å²) in [6.07, 6.45) is 4.94. The van der Waals surface area contributed by atoms with E-state index < -0.39 is 0 Å². The van der Waals surface area contributed by atoms with Crippen molar-refractivity contribution in [3.63, 3.8) is 0 Å². The summed E-state index contributed by atoms with van der Waals surface area (Å²) in [4.78, 5) is 26.8. The molecule has 0 radical (unpaired) electrons. The van der Waals surface area contributed by atoms with E-state index in [9.17, 15) is 4.79 Å². The molecular weight excluding hydrogens is 340 g/mol. The normalized spacial score (nSPS) is 20.2. The number of aromatic nitrogens is 2. The van der Waals surface area contributed by atoms with Crippen molar-refractivity contribution < 1.29 is 9.53 Å². The molecule has 2 aliphatic heterocycles. The summed E-state index contributed by atoms with van der Waals surface area (Å²) in [5.74, 6) is 1.73. The average molecular weight is 366 g/mol. The van der Waals surface area contributed by atoms with Crippen LogP contribution in [0, 0.1) is 0 Å². The van der Waals surface area contributed by atoms with E-state index in [4.69, 9.17) is 9.72 Å². The van der Waals surface area contributed by atoms with Crippen molar-refractivity contribution >= 4 is 5.91 Å². The lowest BCUT2D eigenvalue weighted by Gasteiger charge is -2.33. The van der Waals surface area contributed by atoms with Crippen molar-refractivity contribution in [1.29, 1.82) is 0 Å². The second-order valence-electron chi connectivity index (χ2n) is 7.48. The number of likely N-dealkylation sites (tertiary alicyclic amines) is 1. The Kier molecular flexibility index (Phi) is 5.07. The number of hydrogen-bond donors (Lipinski definition) is 0. The van der Waals surface area contributed by atoms with Gasteiger partial charge in [-0.15, -0.1) is 0 Å². The maximum Gasteiger partial charge on any atom is 0.257 e. The van der Waals surface area contributed by atoms with Crippen molar-refractivity contribution in [2.75, 3.05) is 33.8 Å². The molecule has 1 saturated heterocycles. The number of para-hydroxylation sites is 1. The molecule has 0 aliphatic carbocycles. The third kappa shape index (κ3) is 3.67. The molecule has 142 valence electrons. The number of hydrogen-bond acceptors (Lipinski definition) is 5. The third-order valence-corrected chi connectivity index (χ3v) is 5.55. The Morgan fingerprint density at radius 3 is 2.96 bits per heavy atom. The van der Waals surface area contributed by atoms with Crippen molar-refractivity contribution in [1.82, 2.24) is 19.8 Å². The Balaban J connectivity index is 1.52. The van der Waals surface area contributed by atoms with E-state index in [0.717, 1.165) is 44.7 Å². The van der Waals surface area contributed by atoms with Gasteiger partial charge in [0.1, 0.15) is 11.6 Å². The highest BCUT2D eigenvalue weighted by Crippen LogP contribution is 2.28. The number of benzene rings is 1. The summed E-state index contributed by atoms with van der Waals surface area (Å²) in [6.45, 7) is 3.38. The van der Waals surface area contributed by atoms with Gasteiger partial charge >= 0.3 is 0 Å². The Hall–Kier alpha value is -2.47. The molecule has 1 aromatic carbocycles. The van der Waals surface area contributed by atoms with E-state index in [0.29, 0.717) is 17.9 Å². The first-order valence-electron chi connectivity index (χ1n) is 9.61. The topological polar surface area (TPSA) is 58.6 Å². The van der Waals surface area contributed by atoms with Crippen LogP contribution in [0.15, 0.2) is 30.5 Å². The van der Waals surface area contributed by atoms with Gasteiger partial charge in [0, 0.05) is 56.0 Å². The smallest absolute Gasteiger partial charge is 0.257 e. The molecule has 6 heteroatoms. The van der Waals surface area contributed by atoms with Gasteiger partial charge in [-0.2, -0.15) is 0 Å². The zero-order valence-electron chi connectivity index (χ0n) is 16.0. The van der Waals surface area contributed by atoms with Crippen LogP contribution in [0.1, 0.15) is 46.2 Å². The molecule has 1 fully saturated rings. The zero-order chi connectivity index (χ0) is 18.8. The number of piperidine rings is 1. The van der Waals surface area contributed by atoms with Crippen molar-refractivity contribution in [2.24, 2.45) is 0 Å². The van der Waals surface area contributed by atoms with Crippen molar-refractivity contribution in [2.45, 2.75) is 31.7 Å². The highest BCUT2D eigenvalue weighted by molar-refractivity contribution is 5.97. The SMILES string of the molecule is COc1ccccc1C(=O)N1CCC[C@H](c2ncc3c(n2)CCN(C)C3)C1. The number of nitrogens with zero attached hydrogens (tertiary/aromatic N) is 4. The average Bonchev–Trinajstić information content (AvgIpc) is 2.73. The fourth-order valence-corrected chi connectivity index (χ4v) is 4.03. The predicted octanol–water partition coefficient (Wildman–Crippen LogP) is 2.49. The Morgan fingerprint density at radius 1 is 1.26 bits per heavy atom. The molecule has 2 aromatic rings. The molecular formula is C21H26N4O2. The minimum Gasteiger partial charge on any atom is -0.496 e. The highest BCUT2D eigenvalue weighted by atomic mass is 16.5. The van der Waals surface area contributed by atoms with Gasteiger partial charge in [-0.3, -0.25) is 4.79 Å². The maximum atomic E-state index is 13.0. The Labute approximate surface area is 160 Å². The molecule has 4 rings (SSSR count). The fourth-order valence-electron chi connectivity index (χ4n) is 4.03. The minimum atomic E-state index is 0.0248. The molecule has 0 bridgehead atoms. The molecule has 1 aromatic heterocycles. The van der Waals surface area contributed by atoms with Gasteiger partial charge in [-0.1, -0.05) is 12.1 Å². The number of amides is 1. The summed E-state index contributed by atoms with van der Waals surface area (Å²) >= 11 is 0. The van der Waals surface area contributed by atoms with Crippen LogP contribution in [-0.4, -0.2) is 59.5 Å². The Morgan fingerprint density at radius 2 is 2.11 bits per heavy atom. The van der Waals surface area contributed by atoms with Gasteiger partial charge in [-0.25, -0.2) is 9.97 Å². The van der Waals surface area contributed by atoms with E-state index in [1.807, 2.05) is 35.4 Å². The fraction of sp³-hybridized carbons (Fsp3) is 0.476. The summed E-state index contributed by atoms with van der Waals surface area (Å²) < 4.78 is 5.36. The van der Waals surface area contributed by atoms with E-state index in [1.165, 1.54) is 11.3 Å². The third-order valence-electron chi connectivity index (χ3n) is 5.55. The number of carbonyl (C=O) groups is 1. The van der Waals surface area contributed by atoms with Crippen LogP contribution in [0.4, 0.5) is 0 Å². The van der Waals surface area contributed by atoms with Gasteiger partial charge in [-0.05, 0) is 32.0 Å². The molecule has 27 heavy (non-hydrogen) atoms. The van der Waals surface area contributed by atoms with Gasteiger partial charge in [0.05, 0.1) is 12.7 Å². The largest absolute Gasteiger partial charge is 0.496 e. The number of carbonyl (C=O) groups excluding carboxylic acids is 1. The van der Waals surface area contributed by atoms with Crippen LogP contribution in [0.3, 0.4) is 0 Å². The van der Waals surface area contributed by atoms with Crippen molar-refractivity contribution in [3.05, 3.63) is 53.1 Å². The molecule has 3 heterocycles. The molecule has 6 nitrogen and oxygen atoms in total. The van der Waals surface area contributed by atoms with Crippen LogP contribution in [0.5, 0.6) is 5.75 Å². The van der Waals surface area contributed by atoms with Crippen molar-refractivity contribution in [3.8, 4) is 5.75 Å². The van der Waals surface area contributed by atoms with Crippen LogP contribution < -0.4 is 4.74 Å². The summed E-state index contributed by atoms with van der Waals surface area (Å²) in [5.41, 5.74) is 3.02. The van der Waals surface area contributed by atoms with Gasteiger partial charge in [0.15, 0.2) is 0 Å². The second kappa shape index (κ2) is 7.64. The lowest BCUT2D eigenvalue weighted by molar-refractivity contribution is 0.0701. The molecule has 0 N–H and O–H groups in total. The number of ether oxygens (including phenoxy) is 1. The first kappa shape index (κ1) is 17.9. The van der Waals surface area contributed by atoms with Gasteiger partial charge in [0.25, 0.3) is 5.91 Å². The summed E-state index contributed by atoms with van der Waals surface area (Å²) in [7, 11) is 3.73. The monoisotopic (exact) mass is 366 g/mol. The lowest BCUT2D eigenvalue weighted by atomic mass is 9.95. The van der Waals surface area contributed by atoms with Crippen LogP contribution >= 0.6 is 0 Å². The second-order valence-corrected chi connectivity index (χ2v) is 7.48. The van der Waals surface area contributed by atoms with Crippen LogP contribution in [0.2, 0.25) is 0 Å². The van der Waals surface area contributed by atoms with Crippen LogP contribution in [-0.2, 0) is 13.0 Å². The lowest BCUT2D eigenvalue weighted by Crippen LogP contribution is -2.40. The molecule has 0 saturated carbocycles.